The maximum atomic E-state index is 13.4. The van der Waals surface area contributed by atoms with Gasteiger partial charge in [0.15, 0.2) is 6.61 Å². The van der Waals surface area contributed by atoms with Crippen molar-refractivity contribution in [3.8, 4) is 5.75 Å². The summed E-state index contributed by atoms with van der Waals surface area (Å²) in [7, 11) is 1.56. The highest BCUT2D eigenvalue weighted by Gasteiger charge is 2.06. The van der Waals surface area contributed by atoms with Crippen molar-refractivity contribution in [2.45, 2.75) is 6.54 Å². The van der Waals surface area contributed by atoms with Crippen molar-refractivity contribution in [3.63, 3.8) is 0 Å². The van der Waals surface area contributed by atoms with Crippen molar-refractivity contribution in [2.24, 2.45) is 0 Å². The molecule has 0 spiro atoms. The summed E-state index contributed by atoms with van der Waals surface area (Å²) < 4.78 is 23.3. The lowest BCUT2D eigenvalue weighted by molar-refractivity contribution is -0.143. The number of carbonyl (C=O) groups excluding carboxylic acids is 2. The van der Waals surface area contributed by atoms with Crippen LogP contribution in [0.5, 0.6) is 5.75 Å². The minimum absolute atomic E-state index is 0.266. The van der Waals surface area contributed by atoms with Crippen molar-refractivity contribution in [3.05, 3.63) is 71.6 Å². The van der Waals surface area contributed by atoms with Gasteiger partial charge in [-0.15, -0.1) is 0 Å². The number of hydrogen-bond donors (Lipinski definition) is 1. The second kappa shape index (κ2) is 9.22. The summed E-state index contributed by atoms with van der Waals surface area (Å²) in [6, 6.07) is 13.3. The first-order valence-corrected chi connectivity index (χ1v) is 7.57. The van der Waals surface area contributed by atoms with Crippen LogP contribution in [0.15, 0.2) is 54.6 Å². The molecule has 0 fully saturated rings. The fourth-order valence-corrected chi connectivity index (χ4v) is 1.99. The number of carbonyl (C=O) groups is 2. The molecule has 0 bridgehead atoms. The average Bonchev–Trinajstić information content (AvgIpc) is 2.64. The Hall–Kier alpha value is -3.15. The van der Waals surface area contributed by atoms with Gasteiger partial charge in [-0.05, 0) is 29.8 Å². The molecule has 0 heterocycles. The van der Waals surface area contributed by atoms with Crippen molar-refractivity contribution >= 4 is 18.0 Å². The van der Waals surface area contributed by atoms with E-state index in [9.17, 15) is 14.0 Å². The molecule has 2 rings (SSSR count). The summed E-state index contributed by atoms with van der Waals surface area (Å²) in [4.78, 5) is 23.3. The van der Waals surface area contributed by atoms with Crippen LogP contribution >= 0.6 is 0 Å². The molecule has 6 heteroatoms. The largest absolute Gasteiger partial charge is 0.497 e. The Morgan fingerprint density at radius 3 is 2.72 bits per heavy atom. The standard InChI is InChI=1S/C19H18FNO4/c1-24-16-7-4-5-14(11-16)12-21-18(22)13-25-19(23)10-9-15-6-2-3-8-17(15)20/h2-11H,12-13H2,1H3,(H,21,22)/b10-9+. The summed E-state index contributed by atoms with van der Waals surface area (Å²) in [5.74, 6) is -0.908. The molecule has 0 aliphatic heterocycles. The number of rotatable bonds is 7. The molecular weight excluding hydrogens is 325 g/mol. The fraction of sp³-hybridized carbons (Fsp3) is 0.158. The lowest BCUT2D eigenvalue weighted by Gasteiger charge is -2.07. The van der Waals surface area contributed by atoms with E-state index in [-0.39, 0.29) is 5.56 Å². The molecule has 0 aliphatic carbocycles. The molecule has 25 heavy (non-hydrogen) atoms. The zero-order valence-electron chi connectivity index (χ0n) is 13.7. The smallest absolute Gasteiger partial charge is 0.331 e. The highest BCUT2D eigenvalue weighted by molar-refractivity contribution is 5.89. The van der Waals surface area contributed by atoms with E-state index in [2.05, 4.69) is 5.32 Å². The van der Waals surface area contributed by atoms with Crippen LogP contribution in [0, 0.1) is 5.82 Å². The first kappa shape index (κ1) is 18.2. The third-order valence-corrected chi connectivity index (χ3v) is 3.27. The Morgan fingerprint density at radius 2 is 1.96 bits per heavy atom. The molecular formula is C19H18FNO4. The second-order valence-electron chi connectivity index (χ2n) is 5.09. The van der Waals surface area contributed by atoms with Gasteiger partial charge < -0.3 is 14.8 Å². The molecule has 5 nitrogen and oxygen atoms in total. The molecule has 2 aromatic carbocycles. The number of benzene rings is 2. The molecule has 2 aromatic rings. The fourth-order valence-electron chi connectivity index (χ4n) is 1.99. The van der Waals surface area contributed by atoms with Gasteiger partial charge in [-0.2, -0.15) is 0 Å². The maximum Gasteiger partial charge on any atom is 0.331 e. The summed E-state index contributed by atoms with van der Waals surface area (Å²) in [6.07, 6.45) is 2.37. The number of nitrogens with one attached hydrogen (secondary N) is 1. The van der Waals surface area contributed by atoms with Gasteiger partial charge in [-0.3, -0.25) is 4.79 Å². The van der Waals surface area contributed by atoms with Crippen LogP contribution in [-0.2, 0) is 20.9 Å². The van der Waals surface area contributed by atoms with E-state index in [1.165, 1.54) is 18.2 Å². The molecule has 1 N–H and O–H groups in total. The Balaban J connectivity index is 1.75. The van der Waals surface area contributed by atoms with Crippen LogP contribution in [0.3, 0.4) is 0 Å². The summed E-state index contributed by atoms with van der Waals surface area (Å²) in [6.45, 7) is -0.122. The van der Waals surface area contributed by atoms with E-state index in [1.54, 1.807) is 31.4 Å². The Morgan fingerprint density at radius 1 is 1.16 bits per heavy atom. The summed E-state index contributed by atoms with van der Waals surface area (Å²) in [5.41, 5.74) is 1.13. The third-order valence-electron chi connectivity index (χ3n) is 3.27. The zero-order chi connectivity index (χ0) is 18.1. The van der Waals surface area contributed by atoms with Crippen LogP contribution in [0.25, 0.3) is 6.08 Å². The van der Waals surface area contributed by atoms with Gasteiger partial charge in [0.1, 0.15) is 11.6 Å². The predicted molar refractivity (Wildman–Crippen MR) is 91.2 cm³/mol. The lowest BCUT2D eigenvalue weighted by atomic mass is 10.2. The monoisotopic (exact) mass is 343 g/mol. The molecule has 0 atom stereocenters. The van der Waals surface area contributed by atoms with Crippen LogP contribution in [-0.4, -0.2) is 25.6 Å². The topological polar surface area (TPSA) is 64.6 Å². The third kappa shape index (κ3) is 6.10. The Labute approximate surface area is 145 Å². The minimum Gasteiger partial charge on any atom is -0.497 e. The first-order valence-electron chi connectivity index (χ1n) is 7.57. The number of esters is 1. The Kier molecular flexibility index (Phi) is 6.71. The maximum absolute atomic E-state index is 13.4. The average molecular weight is 343 g/mol. The van der Waals surface area contributed by atoms with E-state index < -0.39 is 24.3 Å². The van der Waals surface area contributed by atoms with E-state index in [1.807, 2.05) is 12.1 Å². The molecule has 0 saturated heterocycles. The zero-order valence-corrected chi connectivity index (χ0v) is 13.7. The number of amides is 1. The van der Waals surface area contributed by atoms with Gasteiger partial charge in [-0.25, -0.2) is 9.18 Å². The van der Waals surface area contributed by atoms with Crippen molar-refractivity contribution in [1.29, 1.82) is 0 Å². The number of halogens is 1. The van der Waals surface area contributed by atoms with E-state index in [0.717, 1.165) is 11.6 Å². The van der Waals surface area contributed by atoms with Crippen molar-refractivity contribution in [2.75, 3.05) is 13.7 Å². The van der Waals surface area contributed by atoms with Crippen molar-refractivity contribution in [1.82, 2.24) is 5.32 Å². The van der Waals surface area contributed by atoms with Crippen LogP contribution in [0.2, 0.25) is 0 Å². The minimum atomic E-state index is -0.722. The van der Waals surface area contributed by atoms with Crippen LogP contribution in [0.4, 0.5) is 4.39 Å². The predicted octanol–water partition coefficient (Wildman–Crippen LogP) is 2.71. The van der Waals surface area contributed by atoms with Crippen LogP contribution in [0.1, 0.15) is 11.1 Å². The highest BCUT2D eigenvalue weighted by atomic mass is 19.1. The number of hydrogen-bond acceptors (Lipinski definition) is 4. The number of methoxy groups -OCH3 is 1. The number of ether oxygens (including phenoxy) is 2. The van der Waals surface area contributed by atoms with Gasteiger partial charge in [0.25, 0.3) is 5.91 Å². The lowest BCUT2D eigenvalue weighted by Crippen LogP contribution is -2.28. The Bertz CT molecular complexity index is 774. The van der Waals surface area contributed by atoms with Gasteiger partial charge in [0.2, 0.25) is 0 Å². The quantitative estimate of drug-likeness (QED) is 0.620. The first-order chi connectivity index (χ1) is 12.1. The molecule has 0 radical (unpaired) electrons. The van der Waals surface area contributed by atoms with Crippen molar-refractivity contribution < 1.29 is 23.5 Å². The summed E-state index contributed by atoms with van der Waals surface area (Å²) in [5, 5.41) is 2.63. The molecule has 0 aromatic heterocycles. The van der Waals surface area contributed by atoms with Gasteiger partial charge in [0.05, 0.1) is 7.11 Å². The molecule has 0 aliphatic rings. The SMILES string of the molecule is COc1cccc(CNC(=O)COC(=O)/C=C/c2ccccc2F)c1. The van der Waals surface area contributed by atoms with E-state index >= 15 is 0 Å². The van der Waals surface area contributed by atoms with E-state index in [0.29, 0.717) is 12.3 Å². The molecule has 1 amide bonds. The van der Waals surface area contributed by atoms with Gasteiger partial charge in [0, 0.05) is 18.2 Å². The van der Waals surface area contributed by atoms with Gasteiger partial charge in [-0.1, -0.05) is 30.3 Å². The molecule has 0 saturated carbocycles. The van der Waals surface area contributed by atoms with E-state index in [4.69, 9.17) is 9.47 Å². The van der Waals surface area contributed by atoms with Gasteiger partial charge >= 0.3 is 5.97 Å². The normalized spacial score (nSPS) is 10.5. The second-order valence-corrected chi connectivity index (χ2v) is 5.09. The highest BCUT2D eigenvalue weighted by Crippen LogP contribution is 2.12. The summed E-state index contributed by atoms with van der Waals surface area (Å²) >= 11 is 0. The molecule has 130 valence electrons. The molecule has 0 unspecified atom stereocenters. The van der Waals surface area contributed by atoms with Crippen LogP contribution < -0.4 is 10.1 Å².